The Morgan fingerprint density at radius 3 is 2.91 bits per heavy atom. The van der Waals surface area contributed by atoms with Gasteiger partial charge in [-0.25, -0.2) is 0 Å². The highest BCUT2D eigenvalue weighted by Crippen LogP contribution is 2.21. The van der Waals surface area contributed by atoms with Crippen molar-refractivity contribution in [3.05, 3.63) is 29.8 Å². The Balaban J connectivity index is 2.73. The summed E-state index contributed by atoms with van der Waals surface area (Å²) in [6.45, 7) is 0.163. The second-order valence-corrected chi connectivity index (χ2v) is 3.98. The van der Waals surface area contributed by atoms with E-state index in [1.165, 1.54) is 6.07 Å². The highest BCUT2D eigenvalue weighted by atomic mass is 32.2. The van der Waals surface area contributed by atoms with Crippen molar-refractivity contribution in [1.82, 2.24) is 0 Å². The predicted molar refractivity (Wildman–Crippen MR) is 38.4 cm³/mol. The van der Waals surface area contributed by atoms with Crippen LogP contribution in [0.2, 0.25) is 0 Å². The molecule has 0 atom stereocenters. The van der Waals surface area contributed by atoms with Gasteiger partial charge < -0.3 is 0 Å². The molecule has 0 aromatic heterocycles. The van der Waals surface area contributed by atoms with Gasteiger partial charge in [0, 0.05) is 0 Å². The second kappa shape index (κ2) is 2.06. The van der Waals surface area contributed by atoms with Gasteiger partial charge in [-0.1, -0.05) is 12.1 Å². The maximum atomic E-state index is 11.0. The first-order valence-corrected chi connectivity index (χ1v) is 4.58. The molecule has 0 fully saturated rings. The van der Waals surface area contributed by atoms with Crippen molar-refractivity contribution in [3.8, 4) is 0 Å². The predicted octanol–water partition coefficient (Wildman–Crippen LogP) is 0.906. The quantitative estimate of drug-likeness (QED) is 0.543. The van der Waals surface area contributed by atoms with Crippen molar-refractivity contribution in [3.63, 3.8) is 0 Å². The molecule has 0 radical (unpaired) electrons. The lowest BCUT2D eigenvalue weighted by Gasteiger charge is -2.11. The van der Waals surface area contributed by atoms with Gasteiger partial charge in [0.15, 0.2) is 0 Å². The van der Waals surface area contributed by atoms with Crippen molar-refractivity contribution < 1.29 is 12.6 Å². The van der Waals surface area contributed by atoms with E-state index >= 15 is 0 Å². The molecule has 1 heterocycles. The standard InChI is InChI=1S/C7H6O3S/c8-11(9)7-3-1-2-6(4-7)5-10-11/h1-4H,5H2. The van der Waals surface area contributed by atoms with Crippen LogP contribution in [0.25, 0.3) is 0 Å². The summed E-state index contributed by atoms with van der Waals surface area (Å²) in [6, 6.07) is 6.69. The Morgan fingerprint density at radius 1 is 1.36 bits per heavy atom. The molecule has 11 heavy (non-hydrogen) atoms. The minimum atomic E-state index is -3.42. The van der Waals surface area contributed by atoms with Crippen LogP contribution in [0.15, 0.2) is 29.2 Å². The van der Waals surface area contributed by atoms with E-state index in [1.807, 2.05) is 6.07 Å². The molecule has 58 valence electrons. The fourth-order valence-electron chi connectivity index (χ4n) is 1.00. The molecule has 1 aromatic carbocycles. The van der Waals surface area contributed by atoms with Gasteiger partial charge in [0.05, 0.1) is 11.5 Å². The Bertz CT molecular complexity index is 380. The molecule has 0 aliphatic carbocycles. The lowest BCUT2D eigenvalue weighted by atomic mass is 10.2. The van der Waals surface area contributed by atoms with Crippen LogP contribution in [0.1, 0.15) is 5.56 Å². The fourth-order valence-corrected chi connectivity index (χ4v) is 1.97. The third kappa shape index (κ3) is 1.04. The van der Waals surface area contributed by atoms with Crippen molar-refractivity contribution in [2.24, 2.45) is 0 Å². The number of hydrogen-bond donors (Lipinski definition) is 0. The average molecular weight is 170 g/mol. The highest BCUT2D eigenvalue weighted by molar-refractivity contribution is 7.86. The monoisotopic (exact) mass is 170 g/mol. The van der Waals surface area contributed by atoms with Crippen LogP contribution in [0.4, 0.5) is 0 Å². The first-order chi connectivity index (χ1) is 5.18. The zero-order valence-corrected chi connectivity index (χ0v) is 6.47. The number of hydrogen-bond acceptors (Lipinski definition) is 3. The summed E-state index contributed by atoms with van der Waals surface area (Å²) in [6.07, 6.45) is 0. The Hall–Kier alpha value is -0.870. The van der Waals surface area contributed by atoms with E-state index in [2.05, 4.69) is 4.18 Å². The lowest BCUT2D eigenvalue weighted by molar-refractivity contribution is 0.301. The van der Waals surface area contributed by atoms with Gasteiger partial charge >= 0.3 is 0 Å². The minimum Gasteiger partial charge on any atom is -0.262 e. The SMILES string of the molecule is O=S1(=O)OCc2cccc1c2. The van der Waals surface area contributed by atoms with E-state index in [4.69, 9.17) is 0 Å². The van der Waals surface area contributed by atoms with E-state index < -0.39 is 10.1 Å². The van der Waals surface area contributed by atoms with Crippen molar-refractivity contribution in [2.75, 3.05) is 0 Å². The molecule has 1 aromatic rings. The molecule has 0 saturated carbocycles. The van der Waals surface area contributed by atoms with Gasteiger partial charge in [-0.15, -0.1) is 0 Å². The smallest absolute Gasteiger partial charge is 0.262 e. The van der Waals surface area contributed by atoms with Gasteiger partial charge in [-0.3, -0.25) is 4.18 Å². The van der Waals surface area contributed by atoms with Crippen molar-refractivity contribution in [2.45, 2.75) is 11.5 Å². The van der Waals surface area contributed by atoms with Crippen LogP contribution in [0.3, 0.4) is 0 Å². The van der Waals surface area contributed by atoms with E-state index in [1.54, 1.807) is 12.1 Å². The van der Waals surface area contributed by atoms with Gasteiger partial charge in [0.2, 0.25) is 0 Å². The van der Waals surface area contributed by atoms with E-state index in [9.17, 15) is 8.42 Å². The Kier molecular flexibility index (Phi) is 1.27. The molecular formula is C7H6O3S. The summed E-state index contributed by atoms with van der Waals surface area (Å²) in [5.41, 5.74) is 0.900. The van der Waals surface area contributed by atoms with Crippen LogP contribution in [-0.4, -0.2) is 8.42 Å². The summed E-state index contributed by atoms with van der Waals surface area (Å²) in [5.74, 6) is 0. The van der Waals surface area contributed by atoms with E-state index in [-0.39, 0.29) is 11.5 Å². The van der Waals surface area contributed by atoms with Crippen LogP contribution in [0.5, 0.6) is 0 Å². The molecule has 0 amide bonds. The third-order valence-electron chi connectivity index (χ3n) is 1.57. The van der Waals surface area contributed by atoms with Gasteiger partial charge in [0.1, 0.15) is 0 Å². The fraction of sp³-hybridized carbons (Fsp3) is 0.143. The molecule has 0 saturated heterocycles. The molecule has 0 spiro atoms. The average Bonchev–Trinajstić information content (AvgIpc) is 2.00. The molecule has 0 N–H and O–H groups in total. The summed E-state index contributed by atoms with van der Waals surface area (Å²) in [7, 11) is -3.42. The zero-order chi connectivity index (χ0) is 7.90. The molecular weight excluding hydrogens is 164 g/mol. The Morgan fingerprint density at radius 2 is 2.18 bits per heavy atom. The summed E-state index contributed by atoms with van der Waals surface area (Å²) in [5, 5.41) is 0. The summed E-state index contributed by atoms with van der Waals surface area (Å²) < 4.78 is 26.7. The maximum absolute atomic E-state index is 11.0. The largest absolute Gasteiger partial charge is 0.297 e. The number of fused-ring (bicyclic) bond motifs is 2. The van der Waals surface area contributed by atoms with Crippen LogP contribution in [-0.2, 0) is 20.9 Å². The van der Waals surface area contributed by atoms with Gasteiger partial charge in [0.25, 0.3) is 10.1 Å². The minimum absolute atomic E-state index is 0.163. The first kappa shape index (κ1) is 6.82. The number of rotatable bonds is 0. The molecule has 2 rings (SSSR count). The molecule has 2 bridgehead atoms. The summed E-state index contributed by atoms with van der Waals surface area (Å²) >= 11 is 0. The van der Waals surface area contributed by atoms with Crippen molar-refractivity contribution >= 4 is 10.1 Å². The zero-order valence-electron chi connectivity index (χ0n) is 5.65. The third-order valence-corrected chi connectivity index (χ3v) is 2.83. The molecule has 4 heteroatoms. The molecule has 3 nitrogen and oxygen atoms in total. The van der Waals surface area contributed by atoms with Crippen LogP contribution < -0.4 is 0 Å². The molecule has 1 aliphatic heterocycles. The molecule has 0 unspecified atom stereocenters. The van der Waals surface area contributed by atoms with Gasteiger partial charge in [-0.05, 0) is 17.7 Å². The normalized spacial score (nSPS) is 19.6. The van der Waals surface area contributed by atoms with Crippen molar-refractivity contribution in [1.29, 1.82) is 0 Å². The maximum Gasteiger partial charge on any atom is 0.297 e. The lowest BCUT2D eigenvalue weighted by Crippen LogP contribution is -2.11. The Labute approximate surface area is 64.7 Å². The topological polar surface area (TPSA) is 43.4 Å². The van der Waals surface area contributed by atoms with Gasteiger partial charge in [-0.2, -0.15) is 8.42 Å². The summed E-state index contributed by atoms with van der Waals surface area (Å²) in [4.78, 5) is 0.251. The molecule has 1 aliphatic rings. The van der Waals surface area contributed by atoms with E-state index in [0.717, 1.165) is 5.56 Å². The van der Waals surface area contributed by atoms with Crippen LogP contribution >= 0.6 is 0 Å². The van der Waals surface area contributed by atoms with E-state index in [0.29, 0.717) is 0 Å². The second-order valence-electron chi connectivity index (χ2n) is 2.36. The van der Waals surface area contributed by atoms with Crippen LogP contribution in [0, 0.1) is 0 Å². The first-order valence-electron chi connectivity index (χ1n) is 3.17. The number of benzene rings is 1. The highest BCUT2D eigenvalue weighted by Gasteiger charge is 2.19.